The number of hydrogen-bond acceptors (Lipinski definition) is 5. The van der Waals surface area contributed by atoms with E-state index in [1.807, 2.05) is 30.2 Å². The standard InChI is InChI=1S/C22H22F3N7/c1-14-7-15(16-8-28-30(2)11-16)12-31(10-14)20-5-6-26-21(29-20)18-9-27-19-4-3-17(13-32(18)19)22(23,24)25/h3-6,8-9,11,13-15H,7,10,12H2,1-2H3/t14-,15+/m0/s1. The van der Waals surface area contributed by atoms with Gasteiger partial charge in [-0.1, -0.05) is 6.92 Å². The number of alkyl halides is 3. The molecule has 0 bridgehead atoms. The summed E-state index contributed by atoms with van der Waals surface area (Å²) in [6, 6.07) is 4.21. The van der Waals surface area contributed by atoms with Crippen LogP contribution in [0.5, 0.6) is 0 Å². The molecule has 5 rings (SSSR count). The SMILES string of the molecule is C[C@H]1C[C@@H](c2cnn(C)c2)CN(c2ccnc(-c3cnc4ccc(C(F)(F)F)cn34)n2)C1. The zero-order chi connectivity index (χ0) is 22.5. The molecule has 1 aliphatic rings. The predicted octanol–water partition coefficient (Wildman–Crippen LogP) is 4.17. The van der Waals surface area contributed by atoms with Crippen LogP contribution < -0.4 is 4.90 Å². The third-order valence-electron chi connectivity index (χ3n) is 5.88. The third kappa shape index (κ3) is 3.80. The Balaban J connectivity index is 1.48. The van der Waals surface area contributed by atoms with E-state index in [9.17, 15) is 13.2 Å². The fourth-order valence-electron chi connectivity index (χ4n) is 4.39. The lowest BCUT2D eigenvalue weighted by Gasteiger charge is -2.37. The number of aryl methyl sites for hydroxylation is 1. The lowest BCUT2D eigenvalue weighted by Crippen LogP contribution is -2.39. The molecule has 1 fully saturated rings. The van der Waals surface area contributed by atoms with E-state index in [4.69, 9.17) is 4.98 Å². The van der Waals surface area contributed by atoms with Gasteiger partial charge < -0.3 is 4.90 Å². The molecule has 0 aliphatic carbocycles. The highest BCUT2D eigenvalue weighted by Crippen LogP contribution is 2.33. The van der Waals surface area contributed by atoms with Gasteiger partial charge in [0.2, 0.25) is 0 Å². The number of anilines is 1. The first kappa shape index (κ1) is 20.5. The molecule has 2 atom stereocenters. The summed E-state index contributed by atoms with van der Waals surface area (Å²) in [7, 11) is 1.91. The summed E-state index contributed by atoms with van der Waals surface area (Å²) < 4.78 is 42.8. The van der Waals surface area contributed by atoms with Gasteiger partial charge in [-0.3, -0.25) is 9.08 Å². The van der Waals surface area contributed by atoms with Gasteiger partial charge in [0, 0.05) is 44.6 Å². The molecule has 0 amide bonds. The summed E-state index contributed by atoms with van der Waals surface area (Å²) in [5.74, 6) is 1.87. The largest absolute Gasteiger partial charge is 0.417 e. The van der Waals surface area contributed by atoms with Gasteiger partial charge in [-0.05, 0) is 36.1 Å². The van der Waals surface area contributed by atoms with Crippen LogP contribution in [-0.4, -0.2) is 42.2 Å². The molecule has 0 spiro atoms. The molecular weight excluding hydrogens is 419 g/mol. The van der Waals surface area contributed by atoms with Gasteiger partial charge in [0.05, 0.1) is 18.0 Å². The Morgan fingerprint density at radius 3 is 2.62 bits per heavy atom. The normalized spacial score (nSPS) is 19.6. The van der Waals surface area contributed by atoms with Crippen LogP contribution in [0.15, 0.2) is 49.2 Å². The molecule has 4 aromatic rings. The zero-order valence-corrected chi connectivity index (χ0v) is 17.7. The van der Waals surface area contributed by atoms with E-state index in [0.717, 1.165) is 37.6 Å². The van der Waals surface area contributed by atoms with E-state index in [-0.39, 0.29) is 0 Å². The van der Waals surface area contributed by atoms with Crippen molar-refractivity contribution in [3.8, 4) is 11.5 Å². The van der Waals surface area contributed by atoms with Gasteiger partial charge in [-0.15, -0.1) is 0 Å². The van der Waals surface area contributed by atoms with Crippen molar-refractivity contribution < 1.29 is 13.2 Å². The minimum absolute atomic E-state index is 0.330. The van der Waals surface area contributed by atoms with E-state index < -0.39 is 11.7 Å². The van der Waals surface area contributed by atoms with E-state index >= 15 is 0 Å². The first-order valence-electron chi connectivity index (χ1n) is 10.4. The molecule has 4 aromatic heterocycles. The monoisotopic (exact) mass is 441 g/mol. The molecule has 0 radical (unpaired) electrons. The third-order valence-corrected chi connectivity index (χ3v) is 5.88. The summed E-state index contributed by atoms with van der Waals surface area (Å²) >= 11 is 0. The van der Waals surface area contributed by atoms with Crippen LogP contribution in [0.4, 0.5) is 19.0 Å². The number of fused-ring (bicyclic) bond motifs is 1. The van der Waals surface area contributed by atoms with Crippen LogP contribution in [0.25, 0.3) is 17.2 Å². The quantitative estimate of drug-likeness (QED) is 0.478. The van der Waals surface area contributed by atoms with E-state index in [1.54, 1.807) is 6.20 Å². The Morgan fingerprint density at radius 1 is 1.03 bits per heavy atom. The molecular formula is C22H22F3N7. The van der Waals surface area contributed by atoms with Gasteiger partial charge in [0.1, 0.15) is 17.2 Å². The fraction of sp³-hybridized carbons (Fsp3) is 0.364. The number of imidazole rings is 1. The Labute approximate surface area is 182 Å². The number of pyridine rings is 1. The molecule has 32 heavy (non-hydrogen) atoms. The van der Waals surface area contributed by atoms with Crippen molar-refractivity contribution >= 4 is 11.5 Å². The van der Waals surface area contributed by atoms with E-state index in [0.29, 0.717) is 29.0 Å². The van der Waals surface area contributed by atoms with Gasteiger partial charge in [0.25, 0.3) is 0 Å². The average molecular weight is 441 g/mol. The van der Waals surface area contributed by atoms with Crippen molar-refractivity contribution in [2.75, 3.05) is 18.0 Å². The lowest BCUT2D eigenvalue weighted by atomic mass is 9.87. The highest BCUT2D eigenvalue weighted by Gasteiger charge is 2.31. The first-order chi connectivity index (χ1) is 15.3. The molecule has 1 saturated heterocycles. The number of halogens is 3. The Hall–Kier alpha value is -3.43. The summed E-state index contributed by atoms with van der Waals surface area (Å²) in [5.41, 5.74) is 1.27. The van der Waals surface area contributed by atoms with Crippen LogP contribution in [0.2, 0.25) is 0 Å². The van der Waals surface area contributed by atoms with Crippen LogP contribution in [0.3, 0.4) is 0 Å². The maximum Gasteiger partial charge on any atom is 0.417 e. The maximum absolute atomic E-state index is 13.2. The van der Waals surface area contributed by atoms with E-state index in [1.165, 1.54) is 22.2 Å². The number of nitrogens with zero attached hydrogens (tertiary/aromatic N) is 7. The van der Waals surface area contributed by atoms with Gasteiger partial charge in [0.15, 0.2) is 5.82 Å². The Bertz CT molecular complexity index is 1260. The second kappa shape index (κ2) is 7.61. The van der Waals surface area contributed by atoms with Crippen molar-refractivity contribution in [2.45, 2.75) is 25.4 Å². The van der Waals surface area contributed by atoms with Crippen LogP contribution in [-0.2, 0) is 13.2 Å². The van der Waals surface area contributed by atoms with Crippen molar-refractivity contribution in [3.63, 3.8) is 0 Å². The molecule has 166 valence electrons. The fourth-order valence-corrected chi connectivity index (χ4v) is 4.39. The second-order valence-electron chi connectivity index (χ2n) is 8.42. The van der Waals surface area contributed by atoms with Gasteiger partial charge in [-0.2, -0.15) is 18.3 Å². The molecule has 0 unspecified atom stereocenters. The second-order valence-corrected chi connectivity index (χ2v) is 8.42. The lowest BCUT2D eigenvalue weighted by molar-refractivity contribution is -0.137. The van der Waals surface area contributed by atoms with Crippen molar-refractivity contribution in [3.05, 3.63) is 60.3 Å². The smallest absolute Gasteiger partial charge is 0.356 e. The van der Waals surface area contributed by atoms with Crippen LogP contribution >= 0.6 is 0 Å². The van der Waals surface area contributed by atoms with Crippen molar-refractivity contribution in [2.24, 2.45) is 13.0 Å². The predicted molar refractivity (Wildman–Crippen MR) is 113 cm³/mol. The molecule has 1 aliphatic heterocycles. The van der Waals surface area contributed by atoms with Gasteiger partial charge in [-0.25, -0.2) is 15.0 Å². The summed E-state index contributed by atoms with van der Waals surface area (Å²) in [4.78, 5) is 15.5. The molecule has 10 heteroatoms. The molecule has 0 saturated carbocycles. The summed E-state index contributed by atoms with van der Waals surface area (Å²) in [6.45, 7) is 3.84. The summed E-state index contributed by atoms with van der Waals surface area (Å²) in [6.07, 6.45) is 4.76. The van der Waals surface area contributed by atoms with Gasteiger partial charge >= 0.3 is 6.18 Å². The molecule has 0 N–H and O–H groups in total. The maximum atomic E-state index is 13.2. The highest BCUT2D eigenvalue weighted by molar-refractivity contribution is 5.59. The Morgan fingerprint density at radius 2 is 1.88 bits per heavy atom. The molecule has 5 heterocycles. The Kier molecular flexibility index (Phi) is 4.87. The topological polar surface area (TPSA) is 64.1 Å². The number of hydrogen-bond donors (Lipinski definition) is 0. The van der Waals surface area contributed by atoms with Crippen LogP contribution in [0, 0.1) is 5.92 Å². The minimum atomic E-state index is -4.44. The molecule has 7 nitrogen and oxygen atoms in total. The highest BCUT2D eigenvalue weighted by atomic mass is 19.4. The van der Waals surface area contributed by atoms with Crippen molar-refractivity contribution in [1.29, 1.82) is 0 Å². The van der Waals surface area contributed by atoms with Crippen molar-refractivity contribution in [1.82, 2.24) is 29.1 Å². The molecule has 0 aromatic carbocycles. The summed E-state index contributed by atoms with van der Waals surface area (Å²) in [5, 5.41) is 4.30. The zero-order valence-electron chi connectivity index (χ0n) is 17.7. The number of piperidine rings is 1. The van der Waals surface area contributed by atoms with E-state index in [2.05, 4.69) is 26.9 Å². The van der Waals surface area contributed by atoms with Crippen LogP contribution in [0.1, 0.15) is 30.4 Å². The number of aromatic nitrogens is 6. The first-order valence-corrected chi connectivity index (χ1v) is 10.4. The number of rotatable bonds is 3. The minimum Gasteiger partial charge on any atom is -0.356 e. The average Bonchev–Trinajstić information content (AvgIpc) is 3.38.